The number of thioether (sulfide) groups is 1. The molecule has 10 heteroatoms. The number of rotatable bonds is 5. The molecule has 4 heterocycles. The highest BCUT2D eigenvalue weighted by Crippen LogP contribution is 2.42. The number of aromatic amines is 1. The summed E-state index contributed by atoms with van der Waals surface area (Å²) >= 11 is 1.44. The molecule has 0 aromatic carbocycles. The summed E-state index contributed by atoms with van der Waals surface area (Å²) in [4.78, 5) is 26.3. The first-order valence-electron chi connectivity index (χ1n) is 8.89. The zero-order chi connectivity index (χ0) is 19.7. The molecular formula is C18H21N7O2S. The molecule has 0 saturated carbocycles. The highest BCUT2D eigenvalue weighted by Gasteiger charge is 2.53. The van der Waals surface area contributed by atoms with E-state index in [1.807, 2.05) is 12.3 Å². The fourth-order valence-corrected chi connectivity index (χ4v) is 4.35. The molecule has 2 aliphatic heterocycles. The Morgan fingerprint density at radius 3 is 3.07 bits per heavy atom. The Kier molecular flexibility index (Phi) is 4.90. The van der Waals surface area contributed by atoms with Crippen LogP contribution >= 0.6 is 11.8 Å². The maximum atomic E-state index is 13.6. The smallest absolute Gasteiger partial charge is 0.241 e. The Balaban J connectivity index is 1.75. The quantitative estimate of drug-likeness (QED) is 0.301. The first-order valence-corrected chi connectivity index (χ1v) is 10.1. The number of nitrogens with zero attached hydrogens (tertiary/aromatic N) is 5. The van der Waals surface area contributed by atoms with E-state index < -0.39 is 5.41 Å². The van der Waals surface area contributed by atoms with Crippen LogP contribution in [0.2, 0.25) is 0 Å². The molecule has 1 amide bonds. The van der Waals surface area contributed by atoms with Crippen LogP contribution in [-0.4, -0.2) is 66.5 Å². The molecule has 2 aliphatic rings. The highest BCUT2D eigenvalue weighted by atomic mass is 32.2. The monoisotopic (exact) mass is 399 g/mol. The van der Waals surface area contributed by atoms with Crippen LogP contribution in [0, 0.1) is 5.41 Å². The SMILES string of the molecule is CSc1ncc2c(n1)C1(CCN(Cc3cc[nH]n3)C1)C(=O)N(/C(C=N)=C/O)C2. The number of aliphatic hydroxyl groups is 1. The van der Waals surface area contributed by atoms with Gasteiger partial charge in [0.2, 0.25) is 5.91 Å². The molecule has 0 bridgehead atoms. The number of nitrogens with one attached hydrogen (secondary N) is 2. The van der Waals surface area contributed by atoms with Gasteiger partial charge in [-0.3, -0.25) is 14.8 Å². The summed E-state index contributed by atoms with van der Waals surface area (Å²) in [5.74, 6) is -0.140. The summed E-state index contributed by atoms with van der Waals surface area (Å²) in [6.07, 6.45) is 7.85. The van der Waals surface area contributed by atoms with Crippen molar-refractivity contribution in [1.29, 1.82) is 5.41 Å². The minimum absolute atomic E-state index is 0.140. The van der Waals surface area contributed by atoms with Gasteiger partial charge in [0.25, 0.3) is 0 Å². The topological polar surface area (TPSA) is 122 Å². The van der Waals surface area contributed by atoms with Gasteiger partial charge < -0.3 is 15.4 Å². The van der Waals surface area contributed by atoms with E-state index in [2.05, 4.69) is 20.1 Å². The van der Waals surface area contributed by atoms with Crippen LogP contribution in [0.4, 0.5) is 0 Å². The van der Waals surface area contributed by atoms with Crippen molar-refractivity contribution in [2.45, 2.75) is 30.1 Å². The number of allylic oxidation sites excluding steroid dienone is 1. The maximum Gasteiger partial charge on any atom is 0.241 e. The summed E-state index contributed by atoms with van der Waals surface area (Å²) in [6.45, 7) is 2.12. The molecule has 2 aromatic rings. The van der Waals surface area contributed by atoms with E-state index in [-0.39, 0.29) is 18.1 Å². The Morgan fingerprint density at radius 1 is 1.54 bits per heavy atom. The van der Waals surface area contributed by atoms with E-state index in [0.717, 1.165) is 36.0 Å². The van der Waals surface area contributed by atoms with E-state index in [0.29, 0.717) is 24.7 Å². The Morgan fingerprint density at radius 2 is 2.39 bits per heavy atom. The second-order valence-electron chi connectivity index (χ2n) is 6.93. The largest absolute Gasteiger partial charge is 0.513 e. The Labute approximate surface area is 166 Å². The predicted octanol–water partition coefficient (Wildman–Crippen LogP) is 1.46. The van der Waals surface area contributed by atoms with Gasteiger partial charge in [0, 0.05) is 43.8 Å². The summed E-state index contributed by atoms with van der Waals surface area (Å²) in [7, 11) is 0. The van der Waals surface area contributed by atoms with Gasteiger partial charge in [-0.25, -0.2) is 9.97 Å². The standard InChI is InChI=1S/C18H21N7O2S/c1-28-17-20-7-12-8-25(14(6-19)10-26)16(27)18(15(12)22-17)3-5-24(11-18)9-13-2-4-21-23-13/h2,4,6-7,10,19,26H,3,5,8-9,11H2,1H3,(H,21,23)/b14-10+,19-6?. The fraction of sp³-hybridized carbons (Fsp3) is 0.389. The molecule has 28 heavy (non-hydrogen) atoms. The van der Waals surface area contributed by atoms with Crippen LogP contribution in [0.1, 0.15) is 23.4 Å². The molecule has 9 nitrogen and oxygen atoms in total. The maximum absolute atomic E-state index is 13.6. The van der Waals surface area contributed by atoms with Gasteiger partial charge in [-0.15, -0.1) is 0 Å². The Bertz CT molecular complexity index is 930. The molecule has 3 N–H and O–H groups in total. The van der Waals surface area contributed by atoms with Gasteiger partial charge in [-0.1, -0.05) is 11.8 Å². The lowest BCUT2D eigenvalue weighted by molar-refractivity contribution is -0.136. The fourth-order valence-electron chi connectivity index (χ4n) is 4.01. The van der Waals surface area contributed by atoms with Crippen molar-refractivity contribution in [2.24, 2.45) is 0 Å². The van der Waals surface area contributed by atoms with Gasteiger partial charge in [0.05, 0.1) is 23.6 Å². The predicted molar refractivity (Wildman–Crippen MR) is 104 cm³/mol. The van der Waals surface area contributed by atoms with Crippen LogP contribution in [0.15, 0.2) is 35.6 Å². The zero-order valence-electron chi connectivity index (χ0n) is 15.4. The number of H-pyrrole nitrogens is 1. The lowest BCUT2D eigenvalue weighted by atomic mass is 9.77. The third kappa shape index (κ3) is 2.98. The Hall–Kier alpha value is -2.72. The molecule has 146 valence electrons. The van der Waals surface area contributed by atoms with Gasteiger partial charge in [0.1, 0.15) is 11.7 Å². The minimum Gasteiger partial charge on any atom is -0.513 e. The number of hydrogen-bond donors (Lipinski definition) is 3. The van der Waals surface area contributed by atoms with Crippen LogP contribution in [-0.2, 0) is 23.3 Å². The second kappa shape index (κ2) is 7.36. The molecule has 1 fully saturated rings. The van der Waals surface area contributed by atoms with E-state index >= 15 is 0 Å². The van der Waals surface area contributed by atoms with E-state index in [4.69, 9.17) is 10.4 Å². The van der Waals surface area contributed by atoms with Gasteiger partial charge in [-0.2, -0.15) is 5.10 Å². The van der Waals surface area contributed by atoms with E-state index in [9.17, 15) is 9.90 Å². The number of carbonyl (C=O) groups excluding carboxylic acids is 1. The molecule has 1 saturated heterocycles. The second-order valence-corrected chi connectivity index (χ2v) is 7.70. The minimum atomic E-state index is -0.825. The summed E-state index contributed by atoms with van der Waals surface area (Å²) in [6, 6.07) is 1.92. The first kappa shape index (κ1) is 18.6. The number of aliphatic hydroxyl groups excluding tert-OH is 1. The molecule has 1 atom stereocenters. The number of fused-ring (bicyclic) bond motifs is 2. The van der Waals surface area contributed by atoms with Gasteiger partial charge in [-0.05, 0) is 18.7 Å². The van der Waals surface area contributed by atoms with Crippen molar-refractivity contribution >= 4 is 23.9 Å². The summed E-state index contributed by atoms with van der Waals surface area (Å²) < 4.78 is 0. The van der Waals surface area contributed by atoms with Crippen molar-refractivity contribution in [3.8, 4) is 0 Å². The number of hydrogen-bond acceptors (Lipinski definition) is 8. The van der Waals surface area contributed by atoms with Crippen molar-refractivity contribution in [3.63, 3.8) is 0 Å². The third-order valence-corrected chi connectivity index (χ3v) is 5.91. The molecule has 0 radical (unpaired) electrons. The van der Waals surface area contributed by atoms with Crippen molar-refractivity contribution < 1.29 is 9.90 Å². The van der Waals surface area contributed by atoms with Gasteiger partial charge in [0.15, 0.2) is 5.16 Å². The highest BCUT2D eigenvalue weighted by molar-refractivity contribution is 7.98. The molecule has 2 aromatic heterocycles. The van der Waals surface area contributed by atoms with Crippen molar-refractivity contribution in [3.05, 3.63) is 47.4 Å². The van der Waals surface area contributed by atoms with Gasteiger partial charge >= 0.3 is 0 Å². The van der Waals surface area contributed by atoms with Crippen LogP contribution in [0.3, 0.4) is 0 Å². The lowest BCUT2D eigenvalue weighted by Crippen LogP contribution is -2.52. The molecule has 4 rings (SSSR count). The first-order chi connectivity index (χ1) is 13.6. The van der Waals surface area contributed by atoms with E-state index in [1.54, 1.807) is 12.4 Å². The van der Waals surface area contributed by atoms with Crippen LogP contribution < -0.4 is 0 Å². The number of aromatic nitrogens is 4. The van der Waals surface area contributed by atoms with E-state index in [1.165, 1.54) is 16.7 Å². The number of carbonyl (C=O) groups is 1. The van der Waals surface area contributed by atoms with Crippen molar-refractivity contribution in [2.75, 3.05) is 19.3 Å². The zero-order valence-corrected chi connectivity index (χ0v) is 16.2. The average molecular weight is 399 g/mol. The average Bonchev–Trinajstić information content (AvgIpc) is 3.38. The van der Waals surface area contributed by atoms with Crippen molar-refractivity contribution in [1.82, 2.24) is 30.0 Å². The molecule has 1 spiro atoms. The van der Waals surface area contributed by atoms with Crippen LogP contribution in [0.5, 0.6) is 0 Å². The van der Waals surface area contributed by atoms with Crippen LogP contribution in [0.25, 0.3) is 0 Å². The summed E-state index contributed by atoms with van der Waals surface area (Å²) in [5, 5.41) is 24.7. The molecule has 1 unspecified atom stereocenters. The number of amides is 1. The molecular weight excluding hydrogens is 378 g/mol. The third-order valence-electron chi connectivity index (χ3n) is 5.35. The molecule has 0 aliphatic carbocycles. The normalized spacial score (nSPS) is 22.7. The lowest BCUT2D eigenvalue weighted by Gasteiger charge is -2.39. The number of likely N-dealkylation sites (tertiary alicyclic amines) is 1. The summed E-state index contributed by atoms with van der Waals surface area (Å²) in [5.41, 5.74) is 1.87.